The number of H-pyrrole nitrogens is 2. The van der Waals surface area contributed by atoms with Crippen molar-refractivity contribution in [1.29, 1.82) is 0 Å². The highest BCUT2D eigenvalue weighted by molar-refractivity contribution is 5.88. The Hall–Kier alpha value is -6.06. The van der Waals surface area contributed by atoms with E-state index in [-0.39, 0.29) is 35.7 Å². The number of carbonyl (C=O) groups excluding carboxylic acids is 4. The van der Waals surface area contributed by atoms with Crippen molar-refractivity contribution < 1.29 is 28.7 Å². The van der Waals surface area contributed by atoms with E-state index in [0.29, 0.717) is 36.1 Å². The maximum atomic E-state index is 13.6. The van der Waals surface area contributed by atoms with E-state index in [2.05, 4.69) is 30.8 Å². The van der Waals surface area contributed by atoms with Crippen molar-refractivity contribution in [1.82, 2.24) is 50.6 Å². The van der Waals surface area contributed by atoms with Crippen molar-refractivity contribution in [2.75, 3.05) is 27.3 Å². The number of rotatable bonds is 10. The van der Waals surface area contributed by atoms with Gasteiger partial charge in [0.1, 0.15) is 23.7 Å². The SMILES string of the molecule is COC(=O)N[C@@H](C(=O)N1CCCC1c1nc2cc(-c3ccc(-c4ccc5[nH]c([C@@H]6CCCN6C(=O)[C@H](NC(=O)OC)C(C)C)nc5c4)nn3)ccc2[nH]1)C(C)C. The van der Waals surface area contributed by atoms with Crippen LogP contribution in [-0.2, 0) is 19.1 Å². The van der Waals surface area contributed by atoms with Crippen molar-refractivity contribution in [3.8, 4) is 22.5 Å². The van der Waals surface area contributed by atoms with Crippen molar-refractivity contribution in [2.45, 2.75) is 77.5 Å². The molecular weight excluding hydrogens is 717 g/mol. The minimum absolute atomic E-state index is 0.121. The van der Waals surface area contributed by atoms with Crippen molar-refractivity contribution in [3.63, 3.8) is 0 Å². The lowest BCUT2D eigenvalue weighted by Gasteiger charge is -2.29. The highest BCUT2D eigenvalue weighted by Gasteiger charge is 2.39. The fraction of sp³-hybridized carbons (Fsp3) is 0.450. The first-order valence-electron chi connectivity index (χ1n) is 19.1. The van der Waals surface area contributed by atoms with Gasteiger partial charge in [-0.2, -0.15) is 0 Å². The number of ether oxygens (including phenoxy) is 2. The summed E-state index contributed by atoms with van der Waals surface area (Å²) in [5.74, 6) is 0.840. The second-order valence-corrected chi connectivity index (χ2v) is 15.1. The van der Waals surface area contributed by atoms with Gasteiger partial charge in [-0.15, -0.1) is 10.2 Å². The largest absolute Gasteiger partial charge is 0.453 e. The van der Waals surface area contributed by atoms with Crippen LogP contribution >= 0.6 is 0 Å². The molecule has 2 aliphatic heterocycles. The number of aromatic nitrogens is 6. The van der Waals surface area contributed by atoms with Gasteiger partial charge in [0.05, 0.1) is 59.8 Å². The van der Waals surface area contributed by atoms with Gasteiger partial charge in [0.25, 0.3) is 0 Å². The molecule has 294 valence electrons. The first-order chi connectivity index (χ1) is 26.9. The predicted octanol–water partition coefficient (Wildman–Crippen LogP) is 5.65. The number of alkyl carbamates (subject to hydrolysis) is 2. The monoisotopic (exact) mass is 764 g/mol. The Bertz CT molecular complexity index is 2090. The summed E-state index contributed by atoms with van der Waals surface area (Å²) >= 11 is 0. The maximum absolute atomic E-state index is 13.6. The summed E-state index contributed by atoms with van der Waals surface area (Å²) in [4.78, 5) is 71.4. The summed E-state index contributed by atoms with van der Waals surface area (Å²) < 4.78 is 9.52. The Balaban J connectivity index is 1.06. The lowest BCUT2D eigenvalue weighted by atomic mass is 10.0. The van der Waals surface area contributed by atoms with E-state index >= 15 is 0 Å². The standard InChI is InChI=1S/C40H48N10O6/c1-21(2)33(45-39(53)55-5)37(51)49-17-7-9-31(49)35-41-27-13-11-23(19-29(27)43-35)25-15-16-26(48-47-25)24-12-14-28-30(20-24)44-36(42-28)32-10-8-18-50(32)38(52)34(22(3)4)46-40(54)56-6/h11-16,19-22,31-34H,7-10,17-18H2,1-6H3,(H,41,43)(H,42,44)(H,45,53)(H,46,54)/t31-,32?,33+,34+/m0/s1. The summed E-state index contributed by atoms with van der Waals surface area (Å²) in [6, 6.07) is 13.7. The summed E-state index contributed by atoms with van der Waals surface area (Å²) in [5.41, 5.74) is 6.24. The van der Waals surface area contributed by atoms with Gasteiger partial charge in [0.15, 0.2) is 0 Å². The number of amides is 4. The van der Waals surface area contributed by atoms with Gasteiger partial charge in [0.2, 0.25) is 11.8 Å². The summed E-state index contributed by atoms with van der Waals surface area (Å²) in [5, 5.41) is 14.5. The molecule has 2 saturated heterocycles. The van der Waals surface area contributed by atoms with Crippen LogP contribution in [0.5, 0.6) is 0 Å². The molecule has 4 amide bonds. The molecule has 1 unspecified atom stereocenters. The number of fused-ring (bicyclic) bond motifs is 2. The highest BCUT2D eigenvalue weighted by atomic mass is 16.5. The minimum atomic E-state index is -0.707. The number of imidazole rings is 2. The van der Waals surface area contributed by atoms with Gasteiger partial charge in [-0.1, -0.05) is 39.8 Å². The number of benzene rings is 2. The van der Waals surface area contributed by atoms with Gasteiger partial charge in [-0.05, 0) is 73.9 Å². The molecule has 0 radical (unpaired) electrons. The third-order valence-electron chi connectivity index (χ3n) is 10.7. The van der Waals surface area contributed by atoms with Crippen LogP contribution in [0.3, 0.4) is 0 Å². The average molecular weight is 765 g/mol. The molecule has 4 atom stereocenters. The second-order valence-electron chi connectivity index (χ2n) is 15.1. The van der Waals surface area contributed by atoms with Crippen molar-refractivity contribution in [2.24, 2.45) is 11.8 Å². The molecule has 16 heteroatoms. The molecule has 0 aliphatic carbocycles. The number of aromatic amines is 2. The molecule has 2 fully saturated rings. The minimum Gasteiger partial charge on any atom is -0.453 e. The molecule has 5 heterocycles. The number of hydrogen-bond acceptors (Lipinski definition) is 10. The van der Waals surface area contributed by atoms with Crippen LogP contribution in [0.15, 0.2) is 48.5 Å². The molecule has 0 spiro atoms. The highest BCUT2D eigenvalue weighted by Crippen LogP contribution is 2.35. The van der Waals surface area contributed by atoms with E-state index in [4.69, 9.17) is 19.4 Å². The fourth-order valence-electron chi connectivity index (χ4n) is 7.71. The number of likely N-dealkylation sites (tertiary alicyclic amines) is 2. The molecule has 4 N–H and O–H groups in total. The Morgan fingerprint density at radius 2 is 1.07 bits per heavy atom. The molecule has 2 aromatic carbocycles. The first kappa shape index (κ1) is 38.2. The van der Waals surface area contributed by atoms with Crippen LogP contribution in [0.4, 0.5) is 9.59 Å². The van der Waals surface area contributed by atoms with E-state index < -0.39 is 24.3 Å². The molecular formula is C40H48N10O6. The molecule has 3 aromatic heterocycles. The lowest BCUT2D eigenvalue weighted by molar-refractivity contribution is -0.136. The van der Waals surface area contributed by atoms with Gasteiger partial charge in [0, 0.05) is 24.2 Å². The molecule has 56 heavy (non-hydrogen) atoms. The Morgan fingerprint density at radius 3 is 1.43 bits per heavy atom. The third kappa shape index (κ3) is 7.59. The first-order valence-corrected chi connectivity index (χ1v) is 19.1. The van der Waals surface area contributed by atoms with E-state index in [9.17, 15) is 19.2 Å². The zero-order valence-corrected chi connectivity index (χ0v) is 32.5. The number of methoxy groups -OCH3 is 2. The number of nitrogens with one attached hydrogen (secondary N) is 4. The number of hydrogen-bond donors (Lipinski definition) is 4. The van der Waals surface area contributed by atoms with Crippen LogP contribution in [-0.4, -0.2) is 103 Å². The zero-order valence-electron chi connectivity index (χ0n) is 32.5. The third-order valence-corrected chi connectivity index (χ3v) is 10.7. The van der Waals surface area contributed by atoms with Crippen LogP contribution in [0.1, 0.15) is 77.1 Å². The molecule has 2 aliphatic rings. The molecule has 0 saturated carbocycles. The molecule has 16 nitrogen and oxygen atoms in total. The Morgan fingerprint density at radius 1 is 0.661 bits per heavy atom. The molecule has 7 rings (SSSR count). The quantitative estimate of drug-likeness (QED) is 0.138. The smallest absolute Gasteiger partial charge is 0.407 e. The predicted molar refractivity (Wildman–Crippen MR) is 208 cm³/mol. The molecule has 0 bridgehead atoms. The summed E-state index contributed by atoms with van der Waals surface area (Å²) in [6.07, 6.45) is 1.90. The van der Waals surface area contributed by atoms with E-state index in [0.717, 1.165) is 58.9 Å². The second kappa shape index (κ2) is 16.0. The van der Waals surface area contributed by atoms with Crippen LogP contribution in [0, 0.1) is 11.8 Å². The maximum Gasteiger partial charge on any atom is 0.407 e. The van der Waals surface area contributed by atoms with E-state index in [1.54, 1.807) is 9.80 Å². The lowest BCUT2D eigenvalue weighted by Crippen LogP contribution is -2.51. The zero-order chi connectivity index (χ0) is 39.7. The molecule has 5 aromatic rings. The number of carbonyl (C=O) groups is 4. The number of nitrogens with zero attached hydrogens (tertiary/aromatic N) is 6. The van der Waals surface area contributed by atoms with Crippen molar-refractivity contribution in [3.05, 3.63) is 60.2 Å². The van der Waals surface area contributed by atoms with Gasteiger partial charge >= 0.3 is 12.2 Å². The normalized spacial score (nSPS) is 18.1. The summed E-state index contributed by atoms with van der Waals surface area (Å²) in [6.45, 7) is 8.72. The average Bonchev–Trinajstić information content (AvgIpc) is 4.03. The Labute approximate surface area is 324 Å². The van der Waals surface area contributed by atoms with Gasteiger partial charge < -0.3 is 39.9 Å². The van der Waals surface area contributed by atoms with Gasteiger partial charge in [-0.3, -0.25) is 9.59 Å². The van der Waals surface area contributed by atoms with E-state index in [1.807, 2.05) is 76.2 Å². The van der Waals surface area contributed by atoms with Crippen molar-refractivity contribution >= 4 is 46.1 Å². The fourth-order valence-corrected chi connectivity index (χ4v) is 7.71. The van der Waals surface area contributed by atoms with E-state index in [1.165, 1.54) is 14.2 Å². The van der Waals surface area contributed by atoms with Crippen LogP contribution in [0.2, 0.25) is 0 Å². The van der Waals surface area contributed by atoms with Gasteiger partial charge in [-0.25, -0.2) is 19.6 Å². The Kier molecular flexibility index (Phi) is 10.9. The van der Waals surface area contributed by atoms with Crippen LogP contribution in [0.25, 0.3) is 44.6 Å². The topological polar surface area (TPSA) is 200 Å². The van der Waals surface area contributed by atoms with Crippen LogP contribution < -0.4 is 10.6 Å². The summed E-state index contributed by atoms with van der Waals surface area (Å²) in [7, 11) is 2.57.